The topological polar surface area (TPSA) is 126 Å². The van der Waals surface area contributed by atoms with Crippen LogP contribution in [0, 0.1) is 11.8 Å². The number of pyridine rings is 1. The highest BCUT2D eigenvalue weighted by atomic mass is 16.5. The standard InChI is InChI=1S/C27H26N4O5/c28-26(16(8-25(34)35)12-31-23(32)5-6-24(31)33)20-14-36-13-18-11-30-10-17-7-15-3-1-2-4-21(15)29-27(17)22(30)9-19(18)20/h1-7,9,16,20,26H,8,10-14,28H2,(H,34,35). The molecule has 9 heteroatoms. The molecule has 2 aromatic rings. The van der Waals surface area contributed by atoms with Gasteiger partial charge in [-0.1, -0.05) is 18.2 Å². The number of carboxylic acids is 1. The Morgan fingerprint density at radius 3 is 2.75 bits per heavy atom. The molecular weight excluding hydrogens is 460 g/mol. The third-order valence-corrected chi connectivity index (χ3v) is 7.57. The fourth-order valence-corrected chi connectivity index (χ4v) is 5.75. The lowest BCUT2D eigenvalue weighted by molar-refractivity contribution is -0.142. The number of benzene rings is 1. The van der Waals surface area contributed by atoms with Gasteiger partial charge in [0.1, 0.15) is 0 Å². The van der Waals surface area contributed by atoms with Gasteiger partial charge in [-0.25, -0.2) is 4.98 Å². The largest absolute Gasteiger partial charge is 0.481 e. The van der Waals surface area contributed by atoms with Crippen LogP contribution in [0.25, 0.3) is 16.6 Å². The molecule has 6 rings (SSSR count). The molecule has 3 unspecified atom stereocenters. The first-order valence-corrected chi connectivity index (χ1v) is 12.1. The van der Waals surface area contributed by atoms with Gasteiger partial charge in [0.05, 0.1) is 36.5 Å². The molecule has 36 heavy (non-hydrogen) atoms. The van der Waals surface area contributed by atoms with Crippen LogP contribution in [-0.4, -0.2) is 70.0 Å². The summed E-state index contributed by atoms with van der Waals surface area (Å²) in [6.45, 7) is 2.24. The molecule has 0 radical (unpaired) electrons. The molecule has 184 valence electrons. The second-order valence-electron chi connectivity index (χ2n) is 9.81. The molecule has 0 saturated heterocycles. The highest BCUT2D eigenvalue weighted by molar-refractivity contribution is 6.12. The number of carboxylic acid groups (broad SMARTS) is 1. The van der Waals surface area contributed by atoms with E-state index in [4.69, 9.17) is 15.5 Å². The predicted octanol–water partition coefficient (Wildman–Crippen LogP) is 1.69. The minimum atomic E-state index is -1.03. The normalized spacial score (nSPS) is 22.5. The molecule has 2 amide bonds. The Labute approximate surface area is 207 Å². The number of aromatic nitrogens is 1. The van der Waals surface area contributed by atoms with E-state index in [2.05, 4.69) is 23.1 Å². The quantitative estimate of drug-likeness (QED) is 0.591. The maximum atomic E-state index is 12.1. The summed E-state index contributed by atoms with van der Waals surface area (Å²) in [6.07, 6.45) is 4.27. The molecule has 1 aromatic carbocycles. The second kappa shape index (κ2) is 8.69. The van der Waals surface area contributed by atoms with E-state index in [1.54, 1.807) is 0 Å². The molecule has 9 nitrogen and oxygen atoms in total. The molecule has 4 aliphatic heterocycles. The smallest absolute Gasteiger partial charge is 0.303 e. The highest BCUT2D eigenvalue weighted by Gasteiger charge is 2.40. The number of amides is 2. The van der Waals surface area contributed by atoms with E-state index < -0.39 is 29.7 Å². The van der Waals surface area contributed by atoms with E-state index in [1.807, 2.05) is 18.2 Å². The number of allylic oxidation sites excluding steroid dienone is 1. The summed E-state index contributed by atoms with van der Waals surface area (Å²) >= 11 is 0. The van der Waals surface area contributed by atoms with Gasteiger partial charge in [-0.3, -0.25) is 19.3 Å². The number of fused-ring (bicyclic) bond motifs is 4. The van der Waals surface area contributed by atoms with Crippen molar-refractivity contribution in [3.8, 4) is 0 Å². The Hall–Kier alpha value is -3.82. The van der Waals surface area contributed by atoms with Crippen LogP contribution in [-0.2, 0) is 25.7 Å². The van der Waals surface area contributed by atoms with Crippen molar-refractivity contribution >= 4 is 34.4 Å². The molecule has 0 fully saturated rings. The van der Waals surface area contributed by atoms with E-state index in [1.165, 1.54) is 17.7 Å². The summed E-state index contributed by atoms with van der Waals surface area (Å²) in [7, 11) is 0. The van der Waals surface area contributed by atoms with Crippen molar-refractivity contribution in [2.75, 3.05) is 26.3 Å². The van der Waals surface area contributed by atoms with Crippen LogP contribution in [0.15, 0.2) is 59.7 Å². The number of hydrogen-bond acceptors (Lipinski definition) is 7. The molecule has 4 aliphatic rings. The lowest BCUT2D eigenvalue weighted by Crippen LogP contribution is -2.49. The number of hydrogen-bond donors (Lipinski definition) is 2. The number of imide groups is 1. The number of carbonyl (C=O) groups is 3. The molecule has 0 spiro atoms. The number of para-hydroxylation sites is 1. The zero-order valence-electron chi connectivity index (χ0n) is 19.6. The van der Waals surface area contributed by atoms with Crippen molar-refractivity contribution in [1.82, 2.24) is 14.8 Å². The van der Waals surface area contributed by atoms with Crippen molar-refractivity contribution in [2.24, 2.45) is 17.6 Å². The first kappa shape index (κ1) is 22.6. The van der Waals surface area contributed by atoms with E-state index in [0.717, 1.165) is 44.9 Å². The van der Waals surface area contributed by atoms with Crippen molar-refractivity contribution in [3.05, 3.63) is 71.0 Å². The Bertz CT molecular complexity index is 1380. The summed E-state index contributed by atoms with van der Waals surface area (Å²) < 4.78 is 5.91. The van der Waals surface area contributed by atoms with Gasteiger partial charge < -0.3 is 20.5 Å². The molecule has 0 saturated carbocycles. The predicted molar refractivity (Wildman–Crippen MR) is 131 cm³/mol. The van der Waals surface area contributed by atoms with Crippen molar-refractivity contribution in [3.63, 3.8) is 0 Å². The SMILES string of the molecule is NC(C(CC(=O)O)CN1C(=O)C=CC1=O)C1COCC2=C1C=C1c3nc4ccccc4cc3CN1C2. The molecule has 0 bridgehead atoms. The number of nitrogens with zero attached hydrogens (tertiary/aromatic N) is 3. The Balaban J connectivity index is 1.33. The van der Waals surface area contributed by atoms with Crippen molar-refractivity contribution in [1.29, 1.82) is 0 Å². The zero-order chi connectivity index (χ0) is 25.0. The van der Waals surface area contributed by atoms with E-state index in [0.29, 0.717) is 19.8 Å². The van der Waals surface area contributed by atoms with Crippen molar-refractivity contribution in [2.45, 2.75) is 19.0 Å². The second-order valence-corrected chi connectivity index (χ2v) is 9.81. The van der Waals surface area contributed by atoms with Crippen LogP contribution in [0.1, 0.15) is 17.7 Å². The Kier molecular flexibility index (Phi) is 5.46. The minimum absolute atomic E-state index is 0.0453. The van der Waals surface area contributed by atoms with Crippen LogP contribution in [0.4, 0.5) is 0 Å². The van der Waals surface area contributed by atoms with Crippen LogP contribution in [0.5, 0.6) is 0 Å². The minimum Gasteiger partial charge on any atom is -0.481 e. The summed E-state index contributed by atoms with van der Waals surface area (Å²) in [5.41, 5.74) is 13.0. The number of nitrogens with two attached hydrogens (primary N) is 1. The third kappa shape index (κ3) is 3.81. The number of aliphatic carboxylic acids is 1. The van der Waals surface area contributed by atoms with E-state index in [9.17, 15) is 19.5 Å². The van der Waals surface area contributed by atoms with Crippen LogP contribution in [0.2, 0.25) is 0 Å². The Morgan fingerprint density at radius 2 is 1.97 bits per heavy atom. The summed E-state index contributed by atoms with van der Waals surface area (Å²) in [6, 6.07) is 9.62. The van der Waals surface area contributed by atoms with Crippen molar-refractivity contribution < 1.29 is 24.2 Å². The molecule has 5 heterocycles. The lowest BCUT2D eigenvalue weighted by atomic mass is 9.78. The third-order valence-electron chi connectivity index (χ3n) is 7.57. The fraction of sp³-hybridized carbons (Fsp3) is 0.333. The summed E-state index contributed by atoms with van der Waals surface area (Å²) in [5, 5.41) is 10.7. The molecule has 3 N–H and O–H groups in total. The van der Waals surface area contributed by atoms with Gasteiger partial charge in [-0.15, -0.1) is 0 Å². The maximum Gasteiger partial charge on any atom is 0.303 e. The van der Waals surface area contributed by atoms with Crippen LogP contribution >= 0.6 is 0 Å². The average molecular weight is 487 g/mol. The van der Waals surface area contributed by atoms with E-state index >= 15 is 0 Å². The summed E-state index contributed by atoms with van der Waals surface area (Å²) in [5.74, 6) is -2.80. The number of carbonyl (C=O) groups excluding carboxylic acids is 2. The average Bonchev–Trinajstić information content (AvgIpc) is 3.37. The van der Waals surface area contributed by atoms with Gasteiger partial charge in [-0.2, -0.15) is 0 Å². The van der Waals surface area contributed by atoms with Crippen LogP contribution < -0.4 is 5.73 Å². The molecule has 0 aliphatic carbocycles. The Morgan fingerprint density at radius 1 is 1.19 bits per heavy atom. The highest BCUT2D eigenvalue weighted by Crippen LogP contribution is 2.41. The van der Waals surface area contributed by atoms with Gasteiger partial charge in [-0.05, 0) is 34.9 Å². The van der Waals surface area contributed by atoms with E-state index in [-0.39, 0.29) is 18.9 Å². The zero-order valence-corrected chi connectivity index (χ0v) is 19.6. The number of ether oxygens (including phenoxy) is 1. The fourth-order valence-electron chi connectivity index (χ4n) is 5.75. The summed E-state index contributed by atoms with van der Waals surface area (Å²) in [4.78, 5) is 44.3. The van der Waals surface area contributed by atoms with Gasteiger partial charge in [0, 0.05) is 55.1 Å². The van der Waals surface area contributed by atoms with Gasteiger partial charge in [0.25, 0.3) is 11.8 Å². The number of rotatable bonds is 6. The van der Waals surface area contributed by atoms with Crippen LogP contribution in [0.3, 0.4) is 0 Å². The molecule has 1 aromatic heterocycles. The van der Waals surface area contributed by atoms with Gasteiger partial charge in [0.2, 0.25) is 0 Å². The van der Waals surface area contributed by atoms with Gasteiger partial charge in [0.15, 0.2) is 0 Å². The lowest BCUT2D eigenvalue weighted by Gasteiger charge is -2.39. The first-order valence-electron chi connectivity index (χ1n) is 12.1. The molecule has 3 atom stereocenters. The monoisotopic (exact) mass is 486 g/mol. The molecular formula is C27H26N4O5. The first-order chi connectivity index (χ1) is 17.4. The van der Waals surface area contributed by atoms with Gasteiger partial charge >= 0.3 is 5.97 Å². The maximum absolute atomic E-state index is 12.1.